The minimum atomic E-state index is 0.484. The van der Waals surface area contributed by atoms with Crippen molar-refractivity contribution >= 4 is 0 Å². The highest BCUT2D eigenvalue weighted by Gasteiger charge is 2.10. The fraction of sp³-hybridized carbons (Fsp3) is 0.0588. The molecule has 0 bridgehead atoms. The molecule has 0 saturated heterocycles. The average molecular weight is 278 g/mol. The molecule has 0 aliphatic carbocycles. The number of ether oxygens (including phenoxy) is 1. The first kappa shape index (κ1) is 13.1. The van der Waals surface area contributed by atoms with Crippen LogP contribution >= 0.6 is 0 Å². The van der Waals surface area contributed by atoms with Crippen LogP contribution in [0.1, 0.15) is 0 Å². The smallest absolute Gasteiger partial charge is 0.248 e. The Bertz CT molecular complexity index is 718. The number of benzene rings is 2. The lowest BCUT2D eigenvalue weighted by Crippen LogP contribution is -1.92. The number of hydrogen-bond donors (Lipinski definition) is 0. The van der Waals surface area contributed by atoms with Crippen LogP contribution in [-0.2, 0) is 0 Å². The summed E-state index contributed by atoms with van der Waals surface area (Å²) in [7, 11) is 0. The average Bonchev–Trinajstić information content (AvgIpc) is 3.04. The maximum absolute atomic E-state index is 5.70. The molecule has 0 aliphatic heterocycles. The molecule has 0 unspecified atom stereocenters. The summed E-state index contributed by atoms with van der Waals surface area (Å²) < 4.78 is 11.1. The normalized spacial score (nSPS) is 10.3. The number of rotatable bonds is 5. The molecule has 2 aromatic carbocycles. The quantitative estimate of drug-likeness (QED) is 0.663. The van der Waals surface area contributed by atoms with E-state index in [2.05, 4.69) is 16.8 Å². The molecule has 1 aromatic heterocycles. The molecule has 1 heterocycles. The molecular weight excluding hydrogens is 264 g/mol. The Morgan fingerprint density at radius 1 is 0.905 bits per heavy atom. The molecule has 0 radical (unpaired) electrons. The van der Waals surface area contributed by atoms with Crippen LogP contribution in [0.2, 0.25) is 0 Å². The van der Waals surface area contributed by atoms with Crippen LogP contribution in [0.15, 0.2) is 71.7 Å². The molecule has 0 spiro atoms. The van der Waals surface area contributed by atoms with Crippen molar-refractivity contribution < 1.29 is 9.15 Å². The van der Waals surface area contributed by atoms with Crippen LogP contribution in [0, 0.1) is 0 Å². The summed E-state index contributed by atoms with van der Waals surface area (Å²) in [5.74, 6) is 1.78. The number of aromatic nitrogens is 2. The van der Waals surface area contributed by atoms with Gasteiger partial charge in [0.05, 0.1) is 0 Å². The standard InChI is InChI=1S/C17H14N2O2/c1-2-12-20-15-10-8-14(9-11-15)17-19-18-16(21-17)13-6-4-3-5-7-13/h2-11H,1,12H2. The first-order valence-electron chi connectivity index (χ1n) is 6.60. The Morgan fingerprint density at radius 2 is 1.52 bits per heavy atom. The van der Waals surface area contributed by atoms with E-state index in [-0.39, 0.29) is 0 Å². The SMILES string of the molecule is C=CCOc1ccc(-c2nnc(-c3ccccc3)o2)cc1. The van der Waals surface area contributed by atoms with Crippen molar-refractivity contribution in [3.8, 4) is 28.7 Å². The van der Waals surface area contributed by atoms with E-state index in [1.165, 1.54) is 0 Å². The highest BCUT2D eigenvalue weighted by Crippen LogP contribution is 2.25. The van der Waals surface area contributed by atoms with Crippen molar-refractivity contribution in [2.75, 3.05) is 6.61 Å². The summed E-state index contributed by atoms with van der Waals surface area (Å²) in [4.78, 5) is 0. The third kappa shape index (κ3) is 3.00. The largest absolute Gasteiger partial charge is 0.490 e. The van der Waals surface area contributed by atoms with E-state index >= 15 is 0 Å². The minimum Gasteiger partial charge on any atom is -0.490 e. The van der Waals surface area contributed by atoms with Gasteiger partial charge in [-0.1, -0.05) is 30.9 Å². The molecule has 3 aromatic rings. The van der Waals surface area contributed by atoms with E-state index in [4.69, 9.17) is 9.15 Å². The van der Waals surface area contributed by atoms with Crippen LogP contribution in [0.3, 0.4) is 0 Å². The van der Waals surface area contributed by atoms with Crippen LogP contribution in [0.5, 0.6) is 5.75 Å². The minimum absolute atomic E-state index is 0.484. The molecule has 4 heteroatoms. The topological polar surface area (TPSA) is 48.2 Å². The summed E-state index contributed by atoms with van der Waals surface area (Å²) >= 11 is 0. The van der Waals surface area contributed by atoms with Gasteiger partial charge < -0.3 is 9.15 Å². The fourth-order valence-corrected chi connectivity index (χ4v) is 1.89. The Morgan fingerprint density at radius 3 is 2.14 bits per heavy atom. The molecule has 0 amide bonds. The van der Waals surface area contributed by atoms with E-state index in [1.54, 1.807) is 6.08 Å². The van der Waals surface area contributed by atoms with Gasteiger partial charge in [0.15, 0.2) is 0 Å². The molecule has 3 rings (SSSR count). The van der Waals surface area contributed by atoms with Crippen molar-refractivity contribution in [3.05, 3.63) is 67.3 Å². The van der Waals surface area contributed by atoms with Gasteiger partial charge in [0.1, 0.15) is 12.4 Å². The molecule has 104 valence electrons. The third-order valence-corrected chi connectivity index (χ3v) is 2.91. The first-order valence-corrected chi connectivity index (χ1v) is 6.60. The van der Waals surface area contributed by atoms with Crippen molar-refractivity contribution in [1.82, 2.24) is 10.2 Å². The zero-order valence-corrected chi connectivity index (χ0v) is 11.4. The lowest BCUT2D eigenvalue weighted by molar-refractivity contribution is 0.363. The highest BCUT2D eigenvalue weighted by atomic mass is 16.5. The molecule has 0 aliphatic rings. The summed E-state index contributed by atoms with van der Waals surface area (Å²) in [6.07, 6.45) is 1.71. The van der Waals surface area contributed by atoms with Gasteiger partial charge in [-0.15, -0.1) is 10.2 Å². The molecule has 0 saturated carbocycles. The lowest BCUT2D eigenvalue weighted by Gasteiger charge is -2.02. The van der Waals surface area contributed by atoms with Gasteiger partial charge in [0.25, 0.3) is 0 Å². The second-order valence-electron chi connectivity index (χ2n) is 4.40. The molecular formula is C17H14N2O2. The summed E-state index contributed by atoms with van der Waals surface area (Å²) in [6.45, 7) is 4.10. The van der Waals surface area contributed by atoms with Gasteiger partial charge in [0.2, 0.25) is 11.8 Å². The summed E-state index contributed by atoms with van der Waals surface area (Å²) in [5, 5.41) is 8.15. The van der Waals surface area contributed by atoms with Crippen LogP contribution in [-0.4, -0.2) is 16.8 Å². The number of hydrogen-bond acceptors (Lipinski definition) is 4. The second-order valence-corrected chi connectivity index (χ2v) is 4.40. The van der Waals surface area contributed by atoms with Crippen molar-refractivity contribution in [1.29, 1.82) is 0 Å². The highest BCUT2D eigenvalue weighted by molar-refractivity contribution is 5.58. The lowest BCUT2D eigenvalue weighted by atomic mass is 10.2. The Kier molecular flexibility index (Phi) is 3.78. The van der Waals surface area contributed by atoms with E-state index in [1.807, 2.05) is 54.6 Å². The zero-order chi connectivity index (χ0) is 14.5. The van der Waals surface area contributed by atoms with Crippen LogP contribution in [0.25, 0.3) is 22.9 Å². The maximum atomic E-state index is 5.70. The van der Waals surface area contributed by atoms with E-state index in [9.17, 15) is 0 Å². The Labute approximate surface area is 122 Å². The van der Waals surface area contributed by atoms with Crippen molar-refractivity contribution in [2.45, 2.75) is 0 Å². The maximum Gasteiger partial charge on any atom is 0.248 e. The van der Waals surface area contributed by atoms with Crippen LogP contribution < -0.4 is 4.74 Å². The van der Waals surface area contributed by atoms with Gasteiger partial charge in [-0.3, -0.25) is 0 Å². The van der Waals surface area contributed by atoms with E-state index in [0.29, 0.717) is 18.4 Å². The van der Waals surface area contributed by atoms with Gasteiger partial charge in [-0.25, -0.2) is 0 Å². The fourth-order valence-electron chi connectivity index (χ4n) is 1.89. The van der Waals surface area contributed by atoms with Gasteiger partial charge in [-0.05, 0) is 36.4 Å². The molecule has 0 atom stereocenters. The Balaban J connectivity index is 1.81. The molecule has 0 N–H and O–H groups in total. The van der Waals surface area contributed by atoms with E-state index < -0.39 is 0 Å². The summed E-state index contributed by atoms with van der Waals surface area (Å²) in [5.41, 5.74) is 1.76. The summed E-state index contributed by atoms with van der Waals surface area (Å²) in [6, 6.07) is 17.2. The monoisotopic (exact) mass is 278 g/mol. The van der Waals surface area contributed by atoms with Crippen LogP contribution in [0.4, 0.5) is 0 Å². The van der Waals surface area contributed by atoms with Gasteiger partial charge >= 0.3 is 0 Å². The molecule has 21 heavy (non-hydrogen) atoms. The van der Waals surface area contributed by atoms with Crippen molar-refractivity contribution in [2.24, 2.45) is 0 Å². The van der Waals surface area contributed by atoms with E-state index in [0.717, 1.165) is 16.9 Å². The zero-order valence-electron chi connectivity index (χ0n) is 11.4. The number of nitrogens with zero attached hydrogens (tertiary/aromatic N) is 2. The second kappa shape index (κ2) is 6.05. The Hall–Kier alpha value is -2.88. The molecule has 4 nitrogen and oxygen atoms in total. The first-order chi connectivity index (χ1) is 10.4. The predicted octanol–water partition coefficient (Wildman–Crippen LogP) is 3.97. The van der Waals surface area contributed by atoms with Gasteiger partial charge in [-0.2, -0.15) is 0 Å². The van der Waals surface area contributed by atoms with Crippen molar-refractivity contribution in [3.63, 3.8) is 0 Å². The third-order valence-electron chi connectivity index (χ3n) is 2.91. The predicted molar refractivity (Wildman–Crippen MR) is 80.9 cm³/mol. The van der Waals surface area contributed by atoms with Gasteiger partial charge in [0, 0.05) is 11.1 Å². The molecule has 0 fully saturated rings.